The highest BCUT2D eigenvalue weighted by atomic mass is 16.2. The fraction of sp³-hybridized carbons (Fsp3) is 0.500. The van der Waals surface area contributed by atoms with E-state index < -0.39 is 0 Å². The fourth-order valence-corrected chi connectivity index (χ4v) is 1.87. The van der Waals surface area contributed by atoms with Crippen LogP contribution in [0.3, 0.4) is 0 Å². The van der Waals surface area contributed by atoms with Crippen molar-refractivity contribution in [2.45, 2.75) is 39.7 Å². The van der Waals surface area contributed by atoms with E-state index in [-0.39, 0.29) is 11.9 Å². The molecule has 0 fully saturated rings. The molecule has 1 atom stereocenters. The number of hydrogen-bond donors (Lipinski definition) is 1. The minimum absolute atomic E-state index is 0.0516. The third-order valence-electron chi connectivity index (χ3n) is 3.18. The molecule has 0 aliphatic rings. The van der Waals surface area contributed by atoms with E-state index in [0.29, 0.717) is 11.3 Å². The summed E-state index contributed by atoms with van der Waals surface area (Å²) >= 11 is 0. The average molecular weight is 234 g/mol. The van der Waals surface area contributed by atoms with Crippen LogP contribution in [0.25, 0.3) is 0 Å². The molecular weight excluding hydrogens is 212 g/mol. The van der Waals surface area contributed by atoms with Crippen LogP contribution in [0.4, 0.5) is 5.69 Å². The first-order valence-corrected chi connectivity index (χ1v) is 6.10. The van der Waals surface area contributed by atoms with Crippen LogP contribution in [0.15, 0.2) is 18.2 Å². The van der Waals surface area contributed by atoms with Crippen LogP contribution in [0, 0.1) is 6.92 Å². The molecule has 0 saturated heterocycles. The molecule has 0 spiro atoms. The minimum atomic E-state index is 0.0516. The van der Waals surface area contributed by atoms with Gasteiger partial charge in [-0.25, -0.2) is 0 Å². The maximum atomic E-state index is 12.3. The fourth-order valence-electron chi connectivity index (χ4n) is 1.87. The Morgan fingerprint density at radius 1 is 1.47 bits per heavy atom. The number of aryl methyl sites for hydroxylation is 1. The number of hydrogen-bond acceptors (Lipinski definition) is 2. The summed E-state index contributed by atoms with van der Waals surface area (Å²) in [5.74, 6) is 0.0516. The first-order valence-electron chi connectivity index (χ1n) is 6.10. The molecule has 1 amide bonds. The van der Waals surface area contributed by atoms with Crippen LogP contribution in [0.2, 0.25) is 0 Å². The number of nitrogens with two attached hydrogens (primary N) is 1. The molecule has 0 heterocycles. The number of nitrogen functional groups attached to an aromatic ring is 1. The van der Waals surface area contributed by atoms with Crippen LogP contribution >= 0.6 is 0 Å². The molecular formula is C14H22N2O. The quantitative estimate of drug-likeness (QED) is 0.814. The van der Waals surface area contributed by atoms with Crippen LogP contribution in [0.5, 0.6) is 0 Å². The van der Waals surface area contributed by atoms with Gasteiger partial charge in [-0.05, 0) is 38.0 Å². The Balaban J connectivity index is 2.92. The molecule has 0 aliphatic heterocycles. The normalized spacial score (nSPS) is 12.2. The summed E-state index contributed by atoms with van der Waals surface area (Å²) in [6.45, 7) is 6.13. The van der Waals surface area contributed by atoms with E-state index in [1.54, 1.807) is 11.0 Å². The predicted molar refractivity (Wildman–Crippen MR) is 72.1 cm³/mol. The van der Waals surface area contributed by atoms with Crippen molar-refractivity contribution in [3.63, 3.8) is 0 Å². The van der Waals surface area contributed by atoms with Crippen molar-refractivity contribution in [3.8, 4) is 0 Å². The Morgan fingerprint density at radius 2 is 2.12 bits per heavy atom. The summed E-state index contributed by atoms with van der Waals surface area (Å²) in [5, 5.41) is 0. The Hall–Kier alpha value is -1.51. The number of anilines is 1. The molecule has 1 aromatic rings. The molecule has 3 nitrogen and oxygen atoms in total. The first kappa shape index (κ1) is 13.6. The van der Waals surface area contributed by atoms with Crippen LogP contribution in [0.1, 0.15) is 42.6 Å². The first-order chi connectivity index (χ1) is 7.97. The Labute approximate surface area is 104 Å². The molecule has 0 radical (unpaired) electrons. The van der Waals surface area contributed by atoms with Crippen molar-refractivity contribution >= 4 is 11.6 Å². The summed E-state index contributed by atoms with van der Waals surface area (Å²) in [7, 11) is 1.85. The average Bonchev–Trinajstić information content (AvgIpc) is 2.30. The van der Waals surface area contributed by atoms with E-state index >= 15 is 0 Å². The lowest BCUT2D eigenvalue weighted by molar-refractivity contribution is 0.0736. The summed E-state index contributed by atoms with van der Waals surface area (Å²) < 4.78 is 0. The van der Waals surface area contributed by atoms with E-state index in [2.05, 4.69) is 13.8 Å². The highest BCUT2D eigenvalue weighted by Gasteiger charge is 2.18. The molecule has 2 N–H and O–H groups in total. The summed E-state index contributed by atoms with van der Waals surface area (Å²) in [4.78, 5) is 14.1. The molecule has 1 unspecified atom stereocenters. The van der Waals surface area contributed by atoms with Crippen LogP contribution in [-0.2, 0) is 0 Å². The van der Waals surface area contributed by atoms with Crippen molar-refractivity contribution in [1.29, 1.82) is 0 Å². The number of amides is 1. The van der Waals surface area contributed by atoms with Gasteiger partial charge in [0.1, 0.15) is 0 Å². The van der Waals surface area contributed by atoms with Gasteiger partial charge >= 0.3 is 0 Å². The van der Waals surface area contributed by atoms with Gasteiger partial charge in [0.15, 0.2) is 0 Å². The second-order valence-corrected chi connectivity index (χ2v) is 4.63. The van der Waals surface area contributed by atoms with Gasteiger partial charge in [0, 0.05) is 24.3 Å². The van der Waals surface area contributed by atoms with Gasteiger partial charge in [-0.2, -0.15) is 0 Å². The third kappa shape index (κ3) is 3.22. The van der Waals surface area contributed by atoms with Gasteiger partial charge in [0.25, 0.3) is 5.91 Å². The van der Waals surface area contributed by atoms with Gasteiger partial charge in [0.05, 0.1) is 0 Å². The predicted octanol–water partition coefficient (Wildman–Crippen LogP) is 2.84. The zero-order valence-electron chi connectivity index (χ0n) is 11.2. The number of nitrogens with zero attached hydrogens (tertiary/aromatic N) is 1. The standard InChI is InChI=1S/C14H22N2O/c1-5-6-11(3)16(4)14(17)13-9-12(15)8-7-10(13)2/h7-9,11H,5-6,15H2,1-4H3. The van der Waals surface area contributed by atoms with Gasteiger partial charge in [0.2, 0.25) is 0 Å². The highest BCUT2D eigenvalue weighted by Crippen LogP contribution is 2.16. The van der Waals surface area contributed by atoms with Gasteiger partial charge in [-0.1, -0.05) is 19.4 Å². The van der Waals surface area contributed by atoms with Gasteiger partial charge < -0.3 is 10.6 Å². The Kier molecular flexibility index (Phi) is 4.55. The number of carbonyl (C=O) groups excluding carboxylic acids is 1. The summed E-state index contributed by atoms with van der Waals surface area (Å²) in [6, 6.07) is 5.73. The molecule has 17 heavy (non-hydrogen) atoms. The lowest BCUT2D eigenvalue weighted by Crippen LogP contribution is -2.35. The van der Waals surface area contributed by atoms with Crippen LogP contribution < -0.4 is 5.73 Å². The largest absolute Gasteiger partial charge is 0.399 e. The van der Waals surface area contributed by atoms with E-state index in [1.165, 1.54) is 0 Å². The third-order valence-corrected chi connectivity index (χ3v) is 3.18. The van der Waals surface area contributed by atoms with Crippen molar-refractivity contribution in [1.82, 2.24) is 4.90 Å². The van der Waals surface area contributed by atoms with Crippen molar-refractivity contribution in [3.05, 3.63) is 29.3 Å². The molecule has 1 rings (SSSR count). The Bertz CT molecular complexity index is 401. The lowest BCUT2D eigenvalue weighted by atomic mass is 10.1. The van der Waals surface area contributed by atoms with Gasteiger partial charge in [-0.15, -0.1) is 0 Å². The maximum Gasteiger partial charge on any atom is 0.254 e. The summed E-state index contributed by atoms with van der Waals surface area (Å²) in [5.41, 5.74) is 8.04. The van der Waals surface area contributed by atoms with Crippen molar-refractivity contribution in [2.24, 2.45) is 0 Å². The SMILES string of the molecule is CCCC(C)N(C)C(=O)c1cc(N)ccc1C. The van der Waals surface area contributed by atoms with Crippen molar-refractivity contribution in [2.75, 3.05) is 12.8 Å². The maximum absolute atomic E-state index is 12.3. The van der Waals surface area contributed by atoms with Gasteiger partial charge in [-0.3, -0.25) is 4.79 Å². The highest BCUT2D eigenvalue weighted by molar-refractivity contribution is 5.96. The monoisotopic (exact) mass is 234 g/mol. The van der Waals surface area contributed by atoms with Crippen LogP contribution in [-0.4, -0.2) is 23.9 Å². The van der Waals surface area contributed by atoms with E-state index in [4.69, 9.17) is 5.73 Å². The zero-order valence-corrected chi connectivity index (χ0v) is 11.2. The molecule has 0 bridgehead atoms. The zero-order chi connectivity index (χ0) is 13.0. The number of carbonyl (C=O) groups is 1. The van der Waals surface area contributed by atoms with E-state index in [1.807, 2.05) is 26.1 Å². The molecule has 94 valence electrons. The minimum Gasteiger partial charge on any atom is -0.399 e. The summed E-state index contributed by atoms with van der Waals surface area (Å²) in [6.07, 6.45) is 2.10. The second-order valence-electron chi connectivity index (χ2n) is 4.63. The molecule has 0 aliphatic carbocycles. The molecule has 3 heteroatoms. The van der Waals surface area contributed by atoms with E-state index in [0.717, 1.165) is 18.4 Å². The molecule has 0 saturated carbocycles. The topological polar surface area (TPSA) is 46.3 Å². The molecule has 1 aromatic carbocycles. The lowest BCUT2D eigenvalue weighted by Gasteiger charge is -2.25. The van der Waals surface area contributed by atoms with E-state index in [9.17, 15) is 4.79 Å². The Morgan fingerprint density at radius 3 is 2.71 bits per heavy atom. The van der Waals surface area contributed by atoms with Crippen molar-refractivity contribution < 1.29 is 4.79 Å². The molecule has 0 aromatic heterocycles. The second kappa shape index (κ2) is 5.71. The number of benzene rings is 1. The smallest absolute Gasteiger partial charge is 0.254 e. The number of rotatable bonds is 4.